The quantitative estimate of drug-likeness (QED) is 0.774. The molecule has 0 amide bonds. The average molecular weight is 242 g/mol. The molecule has 0 atom stereocenters. The largest absolute Gasteiger partial charge is 0.320 e. The molecule has 1 heterocycles. The van der Waals surface area contributed by atoms with Crippen molar-refractivity contribution in [2.45, 2.75) is 30.0 Å². The Labute approximate surface area is 100 Å². The van der Waals surface area contributed by atoms with Gasteiger partial charge in [-0.3, -0.25) is 0 Å². The first kappa shape index (κ1) is 12.9. The third-order valence-electron chi connectivity index (χ3n) is 1.97. The normalized spacial score (nSPS) is 11.7. The molecule has 0 bridgehead atoms. The monoisotopic (exact) mass is 242 g/mol. The summed E-state index contributed by atoms with van der Waals surface area (Å²) in [5, 5.41) is 4.27. The number of nitrogens with one attached hydrogen (secondary N) is 1. The van der Waals surface area contributed by atoms with Gasteiger partial charge in [0.15, 0.2) is 0 Å². The van der Waals surface area contributed by atoms with E-state index in [2.05, 4.69) is 24.1 Å². The molecule has 0 aromatic carbocycles. The summed E-state index contributed by atoms with van der Waals surface area (Å²) in [5.41, 5.74) is 0. The van der Waals surface area contributed by atoms with Crippen molar-refractivity contribution in [3.05, 3.63) is 24.4 Å². The molecule has 0 fully saturated rings. The van der Waals surface area contributed by atoms with Gasteiger partial charge in [-0.15, -0.1) is 0 Å². The van der Waals surface area contributed by atoms with Crippen molar-refractivity contribution in [1.29, 1.82) is 0 Å². The third-order valence-corrected chi connectivity index (χ3v) is 5.23. The number of aromatic nitrogens is 1. The Kier molecular flexibility index (Phi) is 5.50. The first-order chi connectivity index (χ1) is 7.14. The lowest BCUT2D eigenvalue weighted by Gasteiger charge is -2.22. The fourth-order valence-corrected chi connectivity index (χ4v) is 3.23. The van der Waals surface area contributed by atoms with Crippen LogP contribution in [0, 0.1) is 0 Å². The molecular formula is C11H18N2S2. The summed E-state index contributed by atoms with van der Waals surface area (Å²) in [7, 11) is 5.63. The van der Waals surface area contributed by atoms with Crippen LogP contribution in [0.1, 0.15) is 20.3 Å². The van der Waals surface area contributed by atoms with Crippen LogP contribution in [0.3, 0.4) is 0 Å². The molecule has 15 heavy (non-hydrogen) atoms. The highest BCUT2D eigenvalue weighted by Gasteiger charge is 2.18. The molecule has 0 saturated carbocycles. The molecular weight excluding hydrogens is 224 g/mol. The van der Waals surface area contributed by atoms with Gasteiger partial charge >= 0.3 is 0 Å². The lowest BCUT2D eigenvalue weighted by atomic mass is 10.1. The van der Waals surface area contributed by atoms with Crippen molar-refractivity contribution < 1.29 is 0 Å². The van der Waals surface area contributed by atoms with Crippen LogP contribution in [0.2, 0.25) is 0 Å². The Morgan fingerprint density at radius 3 is 2.80 bits per heavy atom. The van der Waals surface area contributed by atoms with Crippen molar-refractivity contribution >= 4 is 21.6 Å². The zero-order valence-corrected chi connectivity index (χ0v) is 11.1. The number of rotatable bonds is 6. The molecule has 4 heteroatoms. The molecule has 1 aromatic heterocycles. The van der Waals surface area contributed by atoms with Gasteiger partial charge in [0.2, 0.25) is 0 Å². The van der Waals surface area contributed by atoms with Gasteiger partial charge in [0.1, 0.15) is 5.03 Å². The van der Waals surface area contributed by atoms with Crippen molar-refractivity contribution in [2.24, 2.45) is 0 Å². The van der Waals surface area contributed by atoms with E-state index in [9.17, 15) is 0 Å². The minimum absolute atomic E-state index is 0.283. The molecule has 0 aliphatic heterocycles. The average Bonchev–Trinajstić information content (AvgIpc) is 2.25. The van der Waals surface area contributed by atoms with Gasteiger partial charge in [-0.1, -0.05) is 16.9 Å². The molecule has 1 rings (SSSR count). The highest BCUT2D eigenvalue weighted by Crippen LogP contribution is 2.41. The number of hydrogen-bond donors (Lipinski definition) is 1. The molecule has 84 valence electrons. The van der Waals surface area contributed by atoms with Crippen LogP contribution in [0.5, 0.6) is 0 Å². The van der Waals surface area contributed by atoms with E-state index in [1.807, 2.05) is 42.2 Å². The zero-order valence-electron chi connectivity index (χ0n) is 9.49. The summed E-state index contributed by atoms with van der Waals surface area (Å²) in [6, 6.07) is 6.02. The van der Waals surface area contributed by atoms with Gasteiger partial charge in [0, 0.05) is 10.9 Å². The van der Waals surface area contributed by atoms with Crippen molar-refractivity contribution in [3.8, 4) is 0 Å². The zero-order chi connectivity index (χ0) is 11.1. The van der Waals surface area contributed by atoms with Gasteiger partial charge in [-0.25, -0.2) is 4.98 Å². The van der Waals surface area contributed by atoms with E-state index < -0.39 is 0 Å². The Morgan fingerprint density at radius 1 is 1.40 bits per heavy atom. The van der Waals surface area contributed by atoms with Gasteiger partial charge < -0.3 is 5.32 Å². The Bertz CT molecular complexity index is 275. The summed E-state index contributed by atoms with van der Waals surface area (Å²) in [6.07, 6.45) is 3.00. The Balaban J connectivity index is 2.35. The topological polar surface area (TPSA) is 24.9 Å². The standard InChI is InChI=1S/C11H18N2S2/c1-11(2,7-9-12-3)15-14-10-6-4-5-8-13-10/h4-6,8,12H,7,9H2,1-3H3. The molecule has 0 aliphatic carbocycles. The van der Waals surface area contributed by atoms with Gasteiger partial charge in [0.25, 0.3) is 0 Å². The molecule has 0 saturated heterocycles. The number of nitrogens with zero attached hydrogens (tertiary/aromatic N) is 1. The van der Waals surface area contributed by atoms with E-state index in [-0.39, 0.29) is 4.75 Å². The van der Waals surface area contributed by atoms with E-state index in [1.165, 1.54) is 0 Å². The van der Waals surface area contributed by atoms with Crippen LogP contribution < -0.4 is 5.32 Å². The smallest absolute Gasteiger partial charge is 0.106 e. The minimum atomic E-state index is 0.283. The molecule has 0 radical (unpaired) electrons. The Hall–Kier alpha value is -0.190. The maximum absolute atomic E-state index is 4.29. The van der Waals surface area contributed by atoms with E-state index in [1.54, 1.807) is 10.8 Å². The lowest BCUT2D eigenvalue weighted by molar-refractivity contribution is 0.609. The van der Waals surface area contributed by atoms with Crippen LogP contribution >= 0.6 is 21.6 Å². The van der Waals surface area contributed by atoms with E-state index >= 15 is 0 Å². The van der Waals surface area contributed by atoms with Crippen LogP contribution in [-0.4, -0.2) is 23.3 Å². The molecule has 0 spiro atoms. The number of hydrogen-bond acceptors (Lipinski definition) is 4. The molecule has 2 nitrogen and oxygen atoms in total. The predicted molar refractivity (Wildman–Crippen MR) is 70.3 cm³/mol. The second-order valence-electron chi connectivity index (χ2n) is 3.95. The second-order valence-corrected chi connectivity index (χ2v) is 6.80. The highest BCUT2D eigenvalue weighted by molar-refractivity contribution is 8.77. The molecule has 1 aromatic rings. The molecule has 0 aliphatic rings. The van der Waals surface area contributed by atoms with Crippen molar-refractivity contribution in [1.82, 2.24) is 10.3 Å². The van der Waals surface area contributed by atoms with Crippen molar-refractivity contribution in [3.63, 3.8) is 0 Å². The molecule has 0 unspecified atom stereocenters. The summed E-state index contributed by atoms with van der Waals surface area (Å²) in [4.78, 5) is 4.29. The van der Waals surface area contributed by atoms with E-state index in [4.69, 9.17) is 0 Å². The SMILES string of the molecule is CNCCC(C)(C)SSc1ccccn1. The lowest BCUT2D eigenvalue weighted by Crippen LogP contribution is -2.21. The summed E-state index contributed by atoms with van der Waals surface area (Å²) in [5.74, 6) is 0. The van der Waals surface area contributed by atoms with Crippen LogP contribution in [0.4, 0.5) is 0 Å². The second kappa shape index (κ2) is 6.40. The van der Waals surface area contributed by atoms with E-state index in [0.29, 0.717) is 0 Å². The highest BCUT2D eigenvalue weighted by atomic mass is 33.1. The summed E-state index contributed by atoms with van der Waals surface area (Å²) >= 11 is 0. The van der Waals surface area contributed by atoms with Crippen LogP contribution in [-0.2, 0) is 0 Å². The third kappa shape index (κ3) is 5.44. The first-order valence-electron chi connectivity index (χ1n) is 5.05. The molecule has 1 N–H and O–H groups in total. The summed E-state index contributed by atoms with van der Waals surface area (Å²) in [6.45, 7) is 5.60. The van der Waals surface area contributed by atoms with E-state index in [0.717, 1.165) is 18.0 Å². The Morgan fingerprint density at radius 2 is 2.20 bits per heavy atom. The first-order valence-corrected chi connectivity index (χ1v) is 7.20. The van der Waals surface area contributed by atoms with Crippen LogP contribution in [0.15, 0.2) is 29.4 Å². The summed E-state index contributed by atoms with van der Waals surface area (Å²) < 4.78 is 0.283. The fraction of sp³-hybridized carbons (Fsp3) is 0.545. The van der Waals surface area contributed by atoms with Crippen molar-refractivity contribution in [2.75, 3.05) is 13.6 Å². The van der Waals surface area contributed by atoms with Gasteiger partial charge in [0.05, 0.1) is 0 Å². The number of pyridine rings is 1. The maximum atomic E-state index is 4.29. The van der Waals surface area contributed by atoms with Crippen LogP contribution in [0.25, 0.3) is 0 Å². The predicted octanol–water partition coefficient (Wildman–Crippen LogP) is 3.21. The maximum Gasteiger partial charge on any atom is 0.106 e. The fourth-order valence-electron chi connectivity index (χ4n) is 1.02. The minimum Gasteiger partial charge on any atom is -0.320 e. The van der Waals surface area contributed by atoms with Gasteiger partial charge in [-0.05, 0) is 56.8 Å². The van der Waals surface area contributed by atoms with Gasteiger partial charge in [-0.2, -0.15) is 0 Å².